The molecule has 0 spiro atoms. The molecule has 0 amide bonds. The maximum Gasteiger partial charge on any atom is 0.338 e. The lowest BCUT2D eigenvalue weighted by Gasteiger charge is -2.24. The van der Waals surface area contributed by atoms with Gasteiger partial charge >= 0.3 is 5.97 Å². The third-order valence-electron chi connectivity index (χ3n) is 5.83. The molecule has 2 aromatic heterocycles. The molecule has 1 aliphatic heterocycles. The van der Waals surface area contributed by atoms with Crippen LogP contribution in [0.1, 0.15) is 31.0 Å². The molecule has 4 aromatic rings. The monoisotopic (exact) mass is 473 g/mol. The lowest BCUT2D eigenvalue weighted by atomic mass is 9.95. The fourth-order valence-electron chi connectivity index (χ4n) is 4.27. The van der Waals surface area contributed by atoms with E-state index in [1.807, 2.05) is 60.8 Å². The first-order valence-electron chi connectivity index (χ1n) is 10.9. The van der Waals surface area contributed by atoms with Gasteiger partial charge in [0.25, 0.3) is 5.56 Å². The normalized spacial score (nSPS) is 15.9. The zero-order chi connectivity index (χ0) is 23.8. The molecule has 0 bridgehead atoms. The number of fused-ring (bicyclic) bond motifs is 2. The zero-order valence-electron chi connectivity index (χ0n) is 19.0. The maximum absolute atomic E-state index is 13.7. The molecular weight excluding hydrogens is 450 g/mol. The first kappa shape index (κ1) is 21.9. The van der Waals surface area contributed by atoms with Crippen molar-refractivity contribution in [1.82, 2.24) is 9.55 Å². The molecule has 0 saturated heterocycles. The number of H-pyrrole nitrogens is 1. The van der Waals surface area contributed by atoms with Crippen LogP contribution in [0.5, 0.6) is 5.75 Å². The molecule has 0 aliphatic carbocycles. The van der Waals surface area contributed by atoms with Gasteiger partial charge in [-0.1, -0.05) is 41.7 Å². The van der Waals surface area contributed by atoms with E-state index >= 15 is 0 Å². The molecule has 34 heavy (non-hydrogen) atoms. The second kappa shape index (κ2) is 8.79. The number of nitrogens with one attached hydrogen (secondary N) is 1. The lowest BCUT2D eigenvalue weighted by molar-refractivity contribution is -0.139. The second-order valence-corrected chi connectivity index (χ2v) is 8.88. The summed E-state index contributed by atoms with van der Waals surface area (Å²) >= 11 is 1.30. The highest BCUT2D eigenvalue weighted by molar-refractivity contribution is 7.07. The minimum Gasteiger partial charge on any atom is -0.497 e. The van der Waals surface area contributed by atoms with E-state index in [0.717, 1.165) is 22.0 Å². The van der Waals surface area contributed by atoms with Crippen molar-refractivity contribution in [2.24, 2.45) is 4.99 Å². The van der Waals surface area contributed by atoms with Gasteiger partial charge in [-0.25, -0.2) is 9.79 Å². The smallest absolute Gasteiger partial charge is 0.338 e. The average molecular weight is 474 g/mol. The minimum atomic E-state index is -0.671. The number of ether oxygens (including phenoxy) is 2. The van der Waals surface area contributed by atoms with Crippen molar-refractivity contribution in [3.05, 3.63) is 96.8 Å². The Labute approximate surface area is 199 Å². The molecule has 3 heterocycles. The van der Waals surface area contributed by atoms with Gasteiger partial charge < -0.3 is 14.5 Å². The average Bonchev–Trinajstić information content (AvgIpc) is 3.39. The van der Waals surface area contributed by atoms with Gasteiger partial charge in [0.05, 0.1) is 35.6 Å². The highest BCUT2D eigenvalue weighted by Gasteiger charge is 2.33. The molecule has 0 fully saturated rings. The molecule has 0 unspecified atom stereocenters. The molecule has 7 nitrogen and oxygen atoms in total. The number of methoxy groups -OCH3 is 1. The predicted octanol–water partition coefficient (Wildman–Crippen LogP) is 3.29. The van der Waals surface area contributed by atoms with E-state index in [0.29, 0.717) is 26.4 Å². The fraction of sp³-hybridized carbons (Fsp3) is 0.192. The van der Waals surface area contributed by atoms with Crippen molar-refractivity contribution in [3.8, 4) is 5.75 Å². The number of esters is 1. The second-order valence-electron chi connectivity index (χ2n) is 7.87. The topological polar surface area (TPSA) is 85.7 Å². The Morgan fingerprint density at radius 1 is 1.24 bits per heavy atom. The number of aromatic nitrogens is 2. The number of carbonyl (C=O) groups is 1. The van der Waals surface area contributed by atoms with Gasteiger partial charge in [-0.05, 0) is 43.7 Å². The van der Waals surface area contributed by atoms with E-state index in [1.165, 1.54) is 11.3 Å². The molecule has 5 rings (SSSR count). The first-order chi connectivity index (χ1) is 16.5. The Hall–Kier alpha value is -3.91. The molecule has 2 aromatic carbocycles. The van der Waals surface area contributed by atoms with Gasteiger partial charge in [-0.3, -0.25) is 9.36 Å². The van der Waals surface area contributed by atoms with Gasteiger partial charge in [0, 0.05) is 22.7 Å². The molecule has 8 heteroatoms. The van der Waals surface area contributed by atoms with Gasteiger partial charge in [0.15, 0.2) is 4.80 Å². The number of allylic oxidation sites excluding steroid dienone is 1. The third kappa shape index (κ3) is 3.66. The van der Waals surface area contributed by atoms with Crippen molar-refractivity contribution in [3.63, 3.8) is 0 Å². The summed E-state index contributed by atoms with van der Waals surface area (Å²) in [6.07, 6.45) is 3.76. The molecule has 1 N–H and O–H groups in total. The highest BCUT2D eigenvalue weighted by Crippen LogP contribution is 2.32. The van der Waals surface area contributed by atoms with Crippen LogP contribution in [0.15, 0.2) is 75.8 Å². The largest absolute Gasteiger partial charge is 0.497 e. The highest BCUT2D eigenvalue weighted by atomic mass is 32.1. The zero-order valence-corrected chi connectivity index (χ0v) is 19.8. The van der Waals surface area contributed by atoms with Gasteiger partial charge in [0.2, 0.25) is 0 Å². The van der Waals surface area contributed by atoms with E-state index in [-0.39, 0.29) is 12.2 Å². The summed E-state index contributed by atoms with van der Waals surface area (Å²) in [6, 6.07) is 14.6. The summed E-state index contributed by atoms with van der Waals surface area (Å²) in [4.78, 5) is 35.1. The predicted molar refractivity (Wildman–Crippen MR) is 132 cm³/mol. The van der Waals surface area contributed by atoms with Crippen LogP contribution in [0.3, 0.4) is 0 Å². The summed E-state index contributed by atoms with van der Waals surface area (Å²) in [7, 11) is 1.58. The van der Waals surface area contributed by atoms with Crippen molar-refractivity contribution in [1.29, 1.82) is 0 Å². The first-order valence-corrected chi connectivity index (χ1v) is 11.7. The molecule has 0 saturated carbocycles. The van der Waals surface area contributed by atoms with Crippen LogP contribution in [0, 0.1) is 0 Å². The number of aromatic amines is 1. The molecule has 1 atom stereocenters. The van der Waals surface area contributed by atoms with E-state index in [9.17, 15) is 9.59 Å². The number of carbonyl (C=O) groups excluding carboxylic acids is 1. The van der Waals surface area contributed by atoms with Crippen LogP contribution in [-0.4, -0.2) is 29.2 Å². The molecule has 0 radical (unpaired) electrons. The Morgan fingerprint density at radius 2 is 2.06 bits per heavy atom. The number of hydrogen-bond donors (Lipinski definition) is 1. The van der Waals surface area contributed by atoms with Crippen molar-refractivity contribution in [2.75, 3.05) is 13.7 Å². The van der Waals surface area contributed by atoms with Crippen LogP contribution in [-0.2, 0) is 9.53 Å². The molecule has 172 valence electrons. The van der Waals surface area contributed by atoms with Gasteiger partial charge in [0.1, 0.15) is 5.75 Å². The Balaban J connectivity index is 1.75. The van der Waals surface area contributed by atoms with Crippen LogP contribution >= 0.6 is 11.3 Å². The summed E-state index contributed by atoms with van der Waals surface area (Å²) in [5, 5.41) is 1.03. The quantitative estimate of drug-likeness (QED) is 0.451. The van der Waals surface area contributed by atoms with E-state index in [2.05, 4.69) is 9.98 Å². The van der Waals surface area contributed by atoms with Gasteiger partial charge in [-0.2, -0.15) is 0 Å². The summed E-state index contributed by atoms with van der Waals surface area (Å²) in [5.74, 6) is 0.152. The number of rotatable bonds is 5. The summed E-state index contributed by atoms with van der Waals surface area (Å²) in [5.41, 5.74) is 3.33. The number of benzene rings is 2. The number of nitrogens with zero attached hydrogens (tertiary/aromatic N) is 2. The fourth-order valence-corrected chi connectivity index (χ4v) is 5.31. The van der Waals surface area contributed by atoms with E-state index in [1.54, 1.807) is 25.5 Å². The van der Waals surface area contributed by atoms with Crippen molar-refractivity contribution < 1.29 is 14.3 Å². The molecular formula is C26H23N3O4S. The van der Waals surface area contributed by atoms with E-state index < -0.39 is 12.0 Å². The number of para-hydroxylation sites is 1. The Bertz CT molecular complexity index is 1620. The van der Waals surface area contributed by atoms with Crippen LogP contribution in [0.2, 0.25) is 0 Å². The standard InChI is InChI=1S/C26H23N3O4S/c1-4-33-25(31)22-15(2)28-26-29(23(22)16-8-7-9-18(12-16)32-3)24(30)21(34-26)13-17-14-27-20-11-6-5-10-19(17)20/h5-14,23,27H,4H2,1-3H3/b21-13+/t23-/m0/s1. The van der Waals surface area contributed by atoms with Crippen molar-refractivity contribution in [2.45, 2.75) is 19.9 Å². The minimum absolute atomic E-state index is 0.212. The summed E-state index contributed by atoms with van der Waals surface area (Å²) in [6.45, 7) is 3.76. The van der Waals surface area contributed by atoms with Crippen LogP contribution in [0.25, 0.3) is 17.0 Å². The van der Waals surface area contributed by atoms with Crippen LogP contribution in [0.4, 0.5) is 0 Å². The Morgan fingerprint density at radius 3 is 2.85 bits per heavy atom. The van der Waals surface area contributed by atoms with Crippen molar-refractivity contribution >= 4 is 34.3 Å². The number of hydrogen-bond acceptors (Lipinski definition) is 6. The molecule has 1 aliphatic rings. The third-order valence-corrected chi connectivity index (χ3v) is 6.82. The number of thiazole rings is 1. The SMILES string of the molecule is CCOC(=O)C1=C(C)N=c2s/c(=C/c3c[nH]c4ccccc34)c(=O)n2[C@H]1c1cccc(OC)c1. The lowest BCUT2D eigenvalue weighted by Crippen LogP contribution is -2.39. The van der Waals surface area contributed by atoms with Crippen LogP contribution < -0.4 is 19.6 Å². The summed E-state index contributed by atoms with van der Waals surface area (Å²) < 4.78 is 12.9. The van der Waals surface area contributed by atoms with E-state index in [4.69, 9.17) is 9.47 Å². The Kier molecular flexibility index (Phi) is 5.67. The van der Waals surface area contributed by atoms with Gasteiger partial charge in [-0.15, -0.1) is 0 Å². The maximum atomic E-state index is 13.7.